The van der Waals surface area contributed by atoms with E-state index in [0.717, 1.165) is 16.6 Å². The normalized spacial score (nSPS) is 21.7. The van der Waals surface area contributed by atoms with Gasteiger partial charge in [0.2, 0.25) is 5.92 Å². The van der Waals surface area contributed by atoms with E-state index in [1.807, 2.05) is 41.9 Å². The third kappa shape index (κ3) is 2.04. The number of hydrogen-bond acceptors (Lipinski definition) is 1. The van der Waals surface area contributed by atoms with Crippen molar-refractivity contribution in [3.05, 3.63) is 36.0 Å². The van der Waals surface area contributed by atoms with Gasteiger partial charge < -0.3 is 10.3 Å². The molecule has 0 amide bonds. The zero-order chi connectivity index (χ0) is 13.7. The average Bonchev–Trinajstić information content (AvgIpc) is 2.73. The van der Waals surface area contributed by atoms with Crippen molar-refractivity contribution in [3.63, 3.8) is 0 Å². The Morgan fingerprint density at radius 3 is 2.37 bits per heavy atom. The molecule has 1 fully saturated rings. The lowest BCUT2D eigenvalue weighted by Crippen LogP contribution is -2.44. The van der Waals surface area contributed by atoms with E-state index in [1.165, 1.54) is 0 Å². The van der Waals surface area contributed by atoms with Crippen LogP contribution in [-0.2, 0) is 12.6 Å². The van der Waals surface area contributed by atoms with Gasteiger partial charge >= 0.3 is 0 Å². The predicted octanol–water partition coefficient (Wildman–Crippen LogP) is 3.54. The van der Waals surface area contributed by atoms with Crippen LogP contribution in [0.4, 0.5) is 8.78 Å². The summed E-state index contributed by atoms with van der Waals surface area (Å²) in [4.78, 5) is 0. The maximum absolute atomic E-state index is 13.3. The molecule has 1 aromatic carbocycles. The Bertz CT molecular complexity index is 606. The smallest absolute Gasteiger partial charge is 0.248 e. The van der Waals surface area contributed by atoms with E-state index < -0.39 is 11.5 Å². The van der Waals surface area contributed by atoms with E-state index in [0.29, 0.717) is 12.8 Å². The van der Waals surface area contributed by atoms with Crippen molar-refractivity contribution < 1.29 is 8.78 Å². The van der Waals surface area contributed by atoms with Gasteiger partial charge in [-0.2, -0.15) is 0 Å². The first-order valence-corrected chi connectivity index (χ1v) is 6.63. The number of aryl methyl sites for hydroxylation is 1. The summed E-state index contributed by atoms with van der Waals surface area (Å²) in [5.41, 5.74) is 7.84. The molecular formula is C15H18F2N2. The van der Waals surface area contributed by atoms with Crippen LogP contribution in [-0.4, -0.2) is 10.5 Å². The highest BCUT2D eigenvalue weighted by Gasteiger charge is 2.43. The van der Waals surface area contributed by atoms with Gasteiger partial charge in [0.25, 0.3) is 0 Å². The number of hydrogen-bond donors (Lipinski definition) is 1. The summed E-state index contributed by atoms with van der Waals surface area (Å²) in [7, 11) is 1.96. The topological polar surface area (TPSA) is 30.9 Å². The highest BCUT2D eigenvalue weighted by atomic mass is 19.3. The van der Waals surface area contributed by atoms with Crippen LogP contribution in [0.15, 0.2) is 30.3 Å². The van der Waals surface area contributed by atoms with Crippen molar-refractivity contribution in [1.82, 2.24) is 4.57 Å². The lowest BCUT2D eigenvalue weighted by Gasteiger charge is -2.37. The van der Waals surface area contributed by atoms with Gasteiger partial charge in [0, 0.05) is 31.1 Å². The molecule has 19 heavy (non-hydrogen) atoms. The molecule has 0 unspecified atom stereocenters. The Labute approximate surface area is 111 Å². The van der Waals surface area contributed by atoms with Crippen LogP contribution in [0.1, 0.15) is 31.4 Å². The lowest BCUT2D eigenvalue weighted by atomic mass is 9.78. The minimum absolute atomic E-state index is 0.120. The van der Waals surface area contributed by atoms with Gasteiger partial charge in [-0.3, -0.25) is 0 Å². The first-order valence-electron chi connectivity index (χ1n) is 6.63. The van der Waals surface area contributed by atoms with Gasteiger partial charge in [-0.05, 0) is 30.4 Å². The van der Waals surface area contributed by atoms with Crippen molar-refractivity contribution in [3.8, 4) is 0 Å². The fourth-order valence-electron chi connectivity index (χ4n) is 3.08. The summed E-state index contributed by atoms with van der Waals surface area (Å²) >= 11 is 0. The second kappa shape index (κ2) is 4.04. The van der Waals surface area contributed by atoms with Crippen LogP contribution in [0.5, 0.6) is 0 Å². The number of rotatable bonds is 1. The number of nitrogens with two attached hydrogens (primary N) is 1. The average molecular weight is 264 g/mol. The fourth-order valence-corrected chi connectivity index (χ4v) is 3.08. The van der Waals surface area contributed by atoms with Gasteiger partial charge in [-0.1, -0.05) is 18.2 Å². The maximum Gasteiger partial charge on any atom is 0.248 e. The molecule has 1 saturated carbocycles. The van der Waals surface area contributed by atoms with E-state index in [9.17, 15) is 8.78 Å². The molecule has 1 aliphatic carbocycles. The van der Waals surface area contributed by atoms with Gasteiger partial charge in [0.15, 0.2) is 0 Å². The van der Waals surface area contributed by atoms with E-state index >= 15 is 0 Å². The van der Waals surface area contributed by atoms with E-state index in [1.54, 1.807) is 0 Å². The maximum atomic E-state index is 13.3. The van der Waals surface area contributed by atoms with Crippen LogP contribution >= 0.6 is 0 Å². The first-order chi connectivity index (χ1) is 8.91. The first kappa shape index (κ1) is 12.6. The molecule has 2 N–H and O–H groups in total. The van der Waals surface area contributed by atoms with Crippen LogP contribution in [0.2, 0.25) is 0 Å². The van der Waals surface area contributed by atoms with Crippen LogP contribution in [0, 0.1) is 0 Å². The summed E-state index contributed by atoms with van der Waals surface area (Å²) in [6.07, 6.45) is 0.435. The molecule has 1 aliphatic rings. The van der Waals surface area contributed by atoms with Crippen molar-refractivity contribution >= 4 is 10.9 Å². The quantitative estimate of drug-likeness (QED) is 0.839. The fraction of sp³-hybridized carbons (Fsp3) is 0.467. The van der Waals surface area contributed by atoms with Crippen LogP contribution < -0.4 is 5.73 Å². The number of nitrogens with zero attached hydrogens (tertiary/aromatic N) is 1. The minimum atomic E-state index is -2.55. The van der Waals surface area contributed by atoms with Crippen molar-refractivity contribution in [2.75, 3.05) is 0 Å². The Morgan fingerprint density at radius 2 is 1.74 bits per heavy atom. The number of fused-ring (bicyclic) bond motifs is 1. The van der Waals surface area contributed by atoms with Gasteiger partial charge in [-0.15, -0.1) is 0 Å². The molecule has 0 radical (unpaired) electrons. The van der Waals surface area contributed by atoms with Crippen molar-refractivity contribution in [2.24, 2.45) is 12.8 Å². The molecule has 0 aliphatic heterocycles. The standard InChI is InChI=1S/C15H18F2N2/c1-19-12-5-3-2-4-11(12)10-13(19)14(18)6-8-15(16,17)9-7-14/h2-5,10H,6-9,18H2,1H3. The highest BCUT2D eigenvalue weighted by Crippen LogP contribution is 2.43. The van der Waals surface area contributed by atoms with Gasteiger partial charge in [0.05, 0.1) is 5.54 Å². The largest absolute Gasteiger partial charge is 0.346 e. The number of benzene rings is 1. The molecule has 4 heteroatoms. The van der Waals surface area contributed by atoms with Crippen molar-refractivity contribution in [2.45, 2.75) is 37.1 Å². The number of aromatic nitrogens is 1. The van der Waals surface area contributed by atoms with E-state index in [-0.39, 0.29) is 12.8 Å². The summed E-state index contributed by atoms with van der Waals surface area (Å²) in [5.74, 6) is -2.55. The van der Waals surface area contributed by atoms with Crippen LogP contribution in [0.3, 0.4) is 0 Å². The number of para-hydroxylation sites is 1. The van der Waals surface area contributed by atoms with Gasteiger partial charge in [0.1, 0.15) is 0 Å². The molecule has 0 spiro atoms. The zero-order valence-electron chi connectivity index (χ0n) is 11.0. The summed E-state index contributed by atoms with van der Waals surface area (Å²) < 4.78 is 28.7. The Hall–Kier alpha value is -1.42. The second-order valence-electron chi connectivity index (χ2n) is 5.66. The molecular weight excluding hydrogens is 246 g/mol. The molecule has 0 saturated heterocycles. The zero-order valence-corrected chi connectivity index (χ0v) is 11.0. The molecule has 0 atom stereocenters. The summed E-state index contributed by atoms with van der Waals surface area (Å²) in [6.45, 7) is 0. The van der Waals surface area contributed by atoms with Crippen molar-refractivity contribution in [1.29, 1.82) is 0 Å². The van der Waals surface area contributed by atoms with Gasteiger partial charge in [-0.25, -0.2) is 8.78 Å². The molecule has 2 aromatic rings. The molecule has 3 rings (SSSR count). The molecule has 2 nitrogen and oxygen atoms in total. The second-order valence-corrected chi connectivity index (χ2v) is 5.66. The SMILES string of the molecule is Cn1c(C2(N)CCC(F)(F)CC2)cc2ccccc21. The molecule has 1 aromatic heterocycles. The predicted molar refractivity (Wildman–Crippen MR) is 72.2 cm³/mol. The molecule has 102 valence electrons. The Morgan fingerprint density at radius 1 is 1.11 bits per heavy atom. The monoisotopic (exact) mass is 264 g/mol. The lowest BCUT2D eigenvalue weighted by molar-refractivity contribution is -0.0521. The molecule has 0 bridgehead atoms. The van der Waals surface area contributed by atoms with Crippen LogP contribution in [0.25, 0.3) is 10.9 Å². The molecule has 1 heterocycles. The summed E-state index contributed by atoms with van der Waals surface area (Å²) in [5, 5.41) is 1.11. The Kier molecular flexibility index (Phi) is 2.68. The third-order valence-corrected chi connectivity index (χ3v) is 4.34. The number of alkyl halides is 2. The Balaban J connectivity index is 2.02. The number of halogens is 2. The van der Waals surface area contributed by atoms with E-state index in [2.05, 4.69) is 0 Å². The minimum Gasteiger partial charge on any atom is -0.346 e. The highest BCUT2D eigenvalue weighted by molar-refractivity contribution is 5.81. The summed E-state index contributed by atoms with van der Waals surface area (Å²) in [6, 6.07) is 10.0. The van der Waals surface area contributed by atoms with E-state index in [4.69, 9.17) is 5.73 Å². The third-order valence-electron chi connectivity index (χ3n) is 4.34.